The number of amides is 1. The van der Waals surface area contributed by atoms with Gasteiger partial charge in [0.25, 0.3) is 5.69 Å². The van der Waals surface area contributed by atoms with Gasteiger partial charge in [-0.15, -0.1) is 11.3 Å². The Hall–Kier alpha value is -2.81. The predicted molar refractivity (Wildman–Crippen MR) is 83.5 cm³/mol. The molecule has 1 aromatic heterocycles. The summed E-state index contributed by atoms with van der Waals surface area (Å²) in [6.07, 6.45) is -0.161. The van der Waals surface area contributed by atoms with Gasteiger partial charge in [0.1, 0.15) is 0 Å². The summed E-state index contributed by atoms with van der Waals surface area (Å²) >= 11 is 1.08. The maximum absolute atomic E-state index is 12.0. The van der Waals surface area contributed by atoms with Gasteiger partial charge in [0.15, 0.2) is 10.8 Å². The van der Waals surface area contributed by atoms with Crippen LogP contribution >= 0.6 is 11.3 Å². The van der Waals surface area contributed by atoms with Crippen molar-refractivity contribution in [1.82, 2.24) is 4.98 Å². The van der Waals surface area contributed by atoms with E-state index in [1.54, 1.807) is 13.0 Å². The van der Waals surface area contributed by atoms with E-state index in [0.29, 0.717) is 5.56 Å². The summed E-state index contributed by atoms with van der Waals surface area (Å²) in [5.74, 6) is -1.02. The molecule has 0 saturated carbocycles. The van der Waals surface area contributed by atoms with E-state index in [1.165, 1.54) is 23.6 Å². The number of thiazole rings is 1. The standard InChI is InChI=1S/C14H13N3O5S/c1-2-22-13(19)10-8-23-14(15-10)16-12(18)7-9-5-3-4-6-11(9)17(20)21/h3-6,8H,2,7H2,1H3,(H,15,16,18). The van der Waals surface area contributed by atoms with E-state index in [-0.39, 0.29) is 29.5 Å². The average Bonchev–Trinajstić information content (AvgIpc) is 2.96. The lowest BCUT2D eigenvalue weighted by atomic mass is 10.1. The average molecular weight is 335 g/mol. The number of nitrogens with zero attached hydrogens (tertiary/aromatic N) is 2. The first-order valence-electron chi connectivity index (χ1n) is 6.66. The van der Waals surface area contributed by atoms with Gasteiger partial charge in [-0.05, 0) is 6.92 Å². The third-order valence-corrected chi connectivity index (χ3v) is 3.53. The van der Waals surface area contributed by atoms with E-state index in [4.69, 9.17) is 4.74 Å². The van der Waals surface area contributed by atoms with E-state index in [1.807, 2.05) is 0 Å². The number of hydrogen-bond acceptors (Lipinski definition) is 7. The molecule has 1 amide bonds. The summed E-state index contributed by atoms with van der Waals surface area (Å²) in [5.41, 5.74) is 0.295. The SMILES string of the molecule is CCOC(=O)c1csc(NC(=O)Cc2ccccc2[N+](=O)[O-])n1. The first-order valence-corrected chi connectivity index (χ1v) is 7.54. The summed E-state index contributed by atoms with van der Waals surface area (Å²) in [7, 11) is 0. The minimum absolute atomic E-state index is 0.109. The van der Waals surface area contributed by atoms with Crippen LogP contribution in [0.1, 0.15) is 23.0 Å². The molecule has 0 saturated heterocycles. The molecule has 0 bridgehead atoms. The number of nitro groups is 1. The lowest BCUT2D eigenvalue weighted by Crippen LogP contribution is -2.15. The molecule has 0 radical (unpaired) electrons. The number of rotatable bonds is 6. The highest BCUT2D eigenvalue weighted by Crippen LogP contribution is 2.20. The van der Waals surface area contributed by atoms with E-state index < -0.39 is 16.8 Å². The highest BCUT2D eigenvalue weighted by molar-refractivity contribution is 7.14. The Balaban J connectivity index is 2.03. The van der Waals surface area contributed by atoms with Crippen LogP contribution in [0.15, 0.2) is 29.6 Å². The number of anilines is 1. The quantitative estimate of drug-likeness (QED) is 0.493. The van der Waals surface area contributed by atoms with E-state index in [0.717, 1.165) is 11.3 Å². The molecule has 9 heteroatoms. The molecule has 0 aliphatic rings. The van der Waals surface area contributed by atoms with Crippen LogP contribution in [0.4, 0.5) is 10.8 Å². The van der Waals surface area contributed by atoms with Crippen molar-refractivity contribution >= 4 is 34.0 Å². The van der Waals surface area contributed by atoms with Crippen molar-refractivity contribution in [1.29, 1.82) is 0 Å². The maximum atomic E-state index is 12.0. The van der Waals surface area contributed by atoms with Gasteiger partial charge in [-0.2, -0.15) is 0 Å². The topological polar surface area (TPSA) is 111 Å². The molecule has 120 valence electrons. The molecule has 23 heavy (non-hydrogen) atoms. The van der Waals surface area contributed by atoms with Crippen LogP contribution < -0.4 is 5.32 Å². The molecule has 2 aromatic rings. The number of ether oxygens (including phenoxy) is 1. The monoisotopic (exact) mass is 335 g/mol. The Bertz CT molecular complexity index is 744. The van der Waals surface area contributed by atoms with Crippen LogP contribution in [0.2, 0.25) is 0 Å². The van der Waals surface area contributed by atoms with E-state index in [2.05, 4.69) is 10.3 Å². The second kappa shape index (κ2) is 7.45. The Morgan fingerprint density at radius 1 is 1.39 bits per heavy atom. The second-order valence-electron chi connectivity index (χ2n) is 4.37. The number of nitrogens with one attached hydrogen (secondary N) is 1. The van der Waals surface area contributed by atoms with Crippen molar-refractivity contribution in [3.8, 4) is 0 Å². The molecule has 0 atom stereocenters. The number of para-hydroxylation sites is 1. The summed E-state index contributed by atoms with van der Waals surface area (Å²) in [6.45, 7) is 1.91. The number of aromatic nitrogens is 1. The van der Waals surface area contributed by atoms with Crippen molar-refractivity contribution in [2.75, 3.05) is 11.9 Å². The third-order valence-electron chi connectivity index (χ3n) is 2.77. The molecule has 0 spiro atoms. The van der Waals surface area contributed by atoms with Crippen LogP contribution in [-0.2, 0) is 16.0 Å². The fraction of sp³-hybridized carbons (Fsp3) is 0.214. The Kier molecular flexibility index (Phi) is 5.36. The Morgan fingerprint density at radius 3 is 2.83 bits per heavy atom. The van der Waals surface area contributed by atoms with Crippen LogP contribution in [0, 0.1) is 10.1 Å². The zero-order valence-corrected chi connectivity index (χ0v) is 13.0. The number of esters is 1. The molecule has 2 rings (SSSR count). The number of carbonyl (C=O) groups excluding carboxylic acids is 2. The van der Waals surface area contributed by atoms with E-state index >= 15 is 0 Å². The normalized spacial score (nSPS) is 10.1. The van der Waals surface area contributed by atoms with Gasteiger partial charge in [-0.1, -0.05) is 18.2 Å². The van der Waals surface area contributed by atoms with Gasteiger partial charge < -0.3 is 10.1 Å². The summed E-state index contributed by atoms with van der Waals surface area (Å²) in [4.78, 5) is 37.8. The van der Waals surface area contributed by atoms with Crippen molar-refractivity contribution in [3.05, 3.63) is 51.0 Å². The number of benzene rings is 1. The summed E-state index contributed by atoms with van der Waals surface area (Å²) in [6, 6.07) is 6.01. The Morgan fingerprint density at radius 2 is 2.13 bits per heavy atom. The molecular weight excluding hydrogens is 322 g/mol. The molecule has 0 unspecified atom stereocenters. The van der Waals surface area contributed by atoms with Gasteiger partial charge in [0.05, 0.1) is 18.0 Å². The molecule has 1 N–H and O–H groups in total. The highest BCUT2D eigenvalue weighted by Gasteiger charge is 2.17. The minimum atomic E-state index is -0.567. The van der Waals surface area contributed by atoms with E-state index in [9.17, 15) is 19.7 Å². The second-order valence-corrected chi connectivity index (χ2v) is 5.23. The molecular formula is C14H13N3O5S. The van der Waals surface area contributed by atoms with Gasteiger partial charge in [0.2, 0.25) is 5.91 Å². The van der Waals surface area contributed by atoms with Crippen molar-refractivity contribution in [2.24, 2.45) is 0 Å². The minimum Gasteiger partial charge on any atom is -0.461 e. The summed E-state index contributed by atoms with van der Waals surface area (Å²) in [5, 5.41) is 15.1. The van der Waals surface area contributed by atoms with Crippen LogP contribution in [0.25, 0.3) is 0 Å². The fourth-order valence-corrected chi connectivity index (χ4v) is 2.50. The largest absolute Gasteiger partial charge is 0.461 e. The predicted octanol–water partition coefficient (Wildman–Crippen LogP) is 2.41. The number of carbonyl (C=O) groups is 2. The first kappa shape index (κ1) is 16.6. The van der Waals surface area contributed by atoms with Crippen LogP contribution in [0.5, 0.6) is 0 Å². The molecule has 0 aliphatic carbocycles. The zero-order chi connectivity index (χ0) is 16.8. The number of hydrogen-bond donors (Lipinski definition) is 1. The molecule has 8 nitrogen and oxygen atoms in total. The van der Waals surface area contributed by atoms with Crippen molar-refractivity contribution in [3.63, 3.8) is 0 Å². The molecule has 0 aliphatic heterocycles. The summed E-state index contributed by atoms with van der Waals surface area (Å²) < 4.78 is 4.80. The van der Waals surface area contributed by atoms with Gasteiger partial charge in [-0.3, -0.25) is 14.9 Å². The van der Waals surface area contributed by atoms with Crippen LogP contribution in [-0.4, -0.2) is 28.4 Å². The highest BCUT2D eigenvalue weighted by atomic mass is 32.1. The van der Waals surface area contributed by atoms with Crippen LogP contribution in [0.3, 0.4) is 0 Å². The third kappa shape index (κ3) is 4.33. The molecule has 0 fully saturated rings. The van der Waals surface area contributed by atoms with Gasteiger partial charge in [0, 0.05) is 17.0 Å². The fourth-order valence-electron chi connectivity index (χ4n) is 1.80. The zero-order valence-electron chi connectivity index (χ0n) is 12.1. The lowest BCUT2D eigenvalue weighted by molar-refractivity contribution is -0.385. The van der Waals surface area contributed by atoms with Crippen molar-refractivity contribution in [2.45, 2.75) is 13.3 Å². The maximum Gasteiger partial charge on any atom is 0.357 e. The lowest BCUT2D eigenvalue weighted by Gasteiger charge is -2.03. The smallest absolute Gasteiger partial charge is 0.357 e. The number of nitro benzene ring substituents is 1. The molecule has 1 aromatic carbocycles. The van der Waals surface area contributed by atoms with Gasteiger partial charge in [-0.25, -0.2) is 9.78 Å². The molecule has 1 heterocycles. The Labute approximate surface area is 135 Å². The van der Waals surface area contributed by atoms with Gasteiger partial charge >= 0.3 is 5.97 Å². The first-order chi connectivity index (χ1) is 11.0. The van der Waals surface area contributed by atoms with Crippen molar-refractivity contribution < 1.29 is 19.2 Å².